The molecule has 0 saturated heterocycles. The van der Waals surface area contributed by atoms with Gasteiger partial charge in [0, 0.05) is 45.9 Å². The van der Waals surface area contributed by atoms with E-state index in [9.17, 15) is 13.2 Å². The van der Waals surface area contributed by atoms with Crippen LogP contribution in [0, 0.1) is 0 Å². The third-order valence-electron chi connectivity index (χ3n) is 2.85. The zero-order chi connectivity index (χ0) is 16.0. The molecular weight excluding hydrogens is 294 g/mol. The quantitative estimate of drug-likeness (QED) is 0.792. The molecule has 0 spiro atoms. The highest BCUT2D eigenvalue weighted by atomic mass is 32.2. The number of methoxy groups -OCH3 is 1. The van der Waals surface area contributed by atoms with Crippen molar-refractivity contribution in [1.29, 1.82) is 0 Å². The second kappa shape index (κ2) is 7.39. The third kappa shape index (κ3) is 5.00. The molecule has 1 aromatic rings. The van der Waals surface area contributed by atoms with Crippen LogP contribution in [0.2, 0.25) is 0 Å². The van der Waals surface area contributed by atoms with Gasteiger partial charge in [0.15, 0.2) is 0 Å². The Hall–Kier alpha value is -1.64. The van der Waals surface area contributed by atoms with Crippen LogP contribution in [0.25, 0.3) is 0 Å². The van der Waals surface area contributed by atoms with Crippen LogP contribution in [0.15, 0.2) is 24.3 Å². The fourth-order valence-electron chi connectivity index (χ4n) is 1.66. The first kappa shape index (κ1) is 17.4. The van der Waals surface area contributed by atoms with Crippen LogP contribution >= 0.6 is 0 Å². The van der Waals surface area contributed by atoms with E-state index in [1.807, 2.05) is 0 Å². The topological polar surface area (TPSA) is 79.0 Å². The molecule has 1 rings (SSSR count). The average molecular weight is 315 g/mol. The van der Waals surface area contributed by atoms with Crippen molar-refractivity contribution in [3.05, 3.63) is 24.3 Å². The van der Waals surface area contributed by atoms with Crippen molar-refractivity contribution in [2.45, 2.75) is 6.92 Å². The van der Waals surface area contributed by atoms with Crippen LogP contribution in [-0.4, -0.2) is 52.9 Å². The highest BCUT2D eigenvalue weighted by Gasteiger charge is 2.15. The van der Waals surface area contributed by atoms with Crippen molar-refractivity contribution >= 4 is 21.8 Å². The van der Waals surface area contributed by atoms with Gasteiger partial charge in [-0.25, -0.2) is 4.72 Å². The summed E-state index contributed by atoms with van der Waals surface area (Å²) in [6.45, 7) is 1.78. The molecule has 0 aromatic heterocycles. The second-order valence-corrected chi connectivity index (χ2v) is 6.52. The summed E-state index contributed by atoms with van der Waals surface area (Å²) in [5, 5.41) is 0. The summed E-state index contributed by atoms with van der Waals surface area (Å²) in [6, 6.07) is 7.04. The number of carbonyl (C=O) groups is 1. The standard InChI is InChI=1S/C13H21N3O4S/c1-11(17)16(9-8-14-21(18,19)15(2)3)12-6-5-7-13(10-12)20-4/h5-7,10,14H,8-9H2,1-4H3. The molecule has 0 radical (unpaired) electrons. The number of hydrogen-bond acceptors (Lipinski definition) is 4. The molecule has 118 valence electrons. The van der Waals surface area contributed by atoms with Crippen LogP contribution in [0.3, 0.4) is 0 Å². The Morgan fingerprint density at radius 2 is 2.00 bits per heavy atom. The number of nitrogens with one attached hydrogen (secondary N) is 1. The summed E-state index contributed by atoms with van der Waals surface area (Å²) >= 11 is 0. The lowest BCUT2D eigenvalue weighted by Gasteiger charge is -2.22. The van der Waals surface area contributed by atoms with Gasteiger partial charge in [0.2, 0.25) is 5.91 Å². The number of nitrogens with zero attached hydrogens (tertiary/aromatic N) is 2. The number of ether oxygens (including phenoxy) is 1. The minimum Gasteiger partial charge on any atom is -0.497 e. The van der Waals surface area contributed by atoms with Crippen molar-refractivity contribution < 1.29 is 17.9 Å². The molecule has 0 heterocycles. The van der Waals surface area contributed by atoms with Crippen LogP contribution in [0.1, 0.15) is 6.92 Å². The van der Waals surface area contributed by atoms with Gasteiger partial charge in [0.05, 0.1) is 7.11 Å². The Balaban J connectivity index is 2.77. The lowest BCUT2D eigenvalue weighted by molar-refractivity contribution is -0.116. The molecule has 8 heteroatoms. The van der Waals surface area contributed by atoms with Crippen molar-refractivity contribution in [2.24, 2.45) is 0 Å². The van der Waals surface area contributed by atoms with Gasteiger partial charge >= 0.3 is 0 Å². The highest BCUT2D eigenvalue weighted by Crippen LogP contribution is 2.20. The molecule has 21 heavy (non-hydrogen) atoms. The van der Waals surface area contributed by atoms with Crippen molar-refractivity contribution in [3.8, 4) is 5.75 Å². The SMILES string of the molecule is COc1cccc(N(CCNS(=O)(=O)N(C)C)C(C)=O)c1. The van der Waals surface area contributed by atoms with E-state index in [0.29, 0.717) is 11.4 Å². The van der Waals surface area contributed by atoms with Crippen LogP contribution in [0.5, 0.6) is 5.75 Å². The van der Waals surface area contributed by atoms with Crippen molar-refractivity contribution in [1.82, 2.24) is 9.03 Å². The summed E-state index contributed by atoms with van der Waals surface area (Å²) < 4.78 is 31.8. The van der Waals surface area contributed by atoms with Gasteiger partial charge in [0.25, 0.3) is 10.2 Å². The van der Waals surface area contributed by atoms with E-state index < -0.39 is 10.2 Å². The Labute approximate surface area is 125 Å². The molecule has 0 saturated carbocycles. The molecule has 1 aromatic carbocycles. The highest BCUT2D eigenvalue weighted by molar-refractivity contribution is 7.87. The molecule has 0 bridgehead atoms. The maximum absolute atomic E-state index is 11.7. The predicted octanol–water partition coefficient (Wildman–Crippen LogP) is 0.444. The molecule has 7 nitrogen and oxygen atoms in total. The molecule has 0 atom stereocenters. The van der Waals surface area contributed by atoms with Gasteiger partial charge in [-0.1, -0.05) is 6.07 Å². The van der Waals surface area contributed by atoms with E-state index in [1.165, 1.54) is 25.9 Å². The molecule has 1 amide bonds. The Kier molecular flexibility index (Phi) is 6.13. The summed E-state index contributed by atoms with van der Waals surface area (Å²) in [5.74, 6) is 0.458. The fraction of sp³-hybridized carbons (Fsp3) is 0.462. The smallest absolute Gasteiger partial charge is 0.278 e. The number of rotatable bonds is 7. The Morgan fingerprint density at radius 3 is 2.52 bits per heavy atom. The number of amides is 1. The minimum absolute atomic E-state index is 0.122. The Bertz CT molecular complexity index is 587. The molecule has 1 N–H and O–H groups in total. The van der Waals surface area contributed by atoms with Gasteiger partial charge in [-0.05, 0) is 12.1 Å². The maximum Gasteiger partial charge on any atom is 0.278 e. The zero-order valence-corrected chi connectivity index (χ0v) is 13.5. The van der Waals surface area contributed by atoms with E-state index in [0.717, 1.165) is 4.31 Å². The lowest BCUT2D eigenvalue weighted by Crippen LogP contribution is -2.41. The van der Waals surface area contributed by atoms with E-state index in [4.69, 9.17) is 4.74 Å². The van der Waals surface area contributed by atoms with Gasteiger partial charge in [0.1, 0.15) is 5.75 Å². The van der Waals surface area contributed by atoms with E-state index in [2.05, 4.69) is 4.72 Å². The third-order valence-corrected chi connectivity index (χ3v) is 4.38. The monoisotopic (exact) mass is 315 g/mol. The first-order chi connectivity index (χ1) is 9.77. The molecule has 0 aliphatic heterocycles. The fourth-order valence-corrected chi connectivity index (χ4v) is 2.27. The first-order valence-corrected chi connectivity index (χ1v) is 7.81. The second-order valence-electron chi connectivity index (χ2n) is 4.55. The predicted molar refractivity (Wildman–Crippen MR) is 81.6 cm³/mol. The van der Waals surface area contributed by atoms with Crippen LogP contribution < -0.4 is 14.4 Å². The first-order valence-electron chi connectivity index (χ1n) is 6.37. The van der Waals surface area contributed by atoms with Gasteiger partial charge in [-0.15, -0.1) is 0 Å². The largest absolute Gasteiger partial charge is 0.497 e. The zero-order valence-electron chi connectivity index (χ0n) is 12.7. The van der Waals surface area contributed by atoms with E-state index >= 15 is 0 Å². The van der Waals surface area contributed by atoms with Gasteiger partial charge in [-0.2, -0.15) is 12.7 Å². The Morgan fingerprint density at radius 1 is 1.33 bits per heavy atom. The minimum atomic E-state index is -3.49. The lowest BCUT2D eigenvalue weighted by atomic mass is 10.2. The summed E-state index contributed by atoms with van der Waals surface area (Å²) in [4.78, 5) is 13.2. The summed E-state index contributed by atoms with van der Waals surface area (Å²) in [7, 11) is 0.925. The van der Waals surface area contributed by atoms with Crippen molar-refractivity contribution in [2.75, 3.05) is 39.2 Å². The number of carbonyl (C=O) groups excluding carboxylic acids is 1. The number of benzene rings is 1. The number of anilines is 1. The summed E-state index contributed by atoms with van der Waals surface area (Å²) in [6.07, 6.45) is 0. The van der Waals surface area contributed by atoms with Crippen LogP contribution in [-0.2, 0) is 15.0 Å². The molecule has 0 fully saturated rings. The molecule has 0 unspecified atom stereocenters. The number of hydrogen-bond donors (Lipinski definition) is 1. The van der Waals surface area contributed by atoms with E-state index in [-0.39, 0.29) is 19.0 Å². The van der Waals surface area contributed by atoms with E-state index in [1.54, 1.807) is 31.4 Å². The summed E-state index contributed by atoms with van der Waals surface area (Å²) in [5.41, 5.74) is 0.658. The van der Waals surface area contributed by atoms with Crippen LogP contribution in [0.4, 0.5) is 5.69 Å². The maximum atomic E-state index is 11.7. The molecule has 0 aliphatic rings. The normalized spacial score (nSPS) is 11.5. The van der Waals surface area contributed by atoms with Gasteiger partial charge in [-0.3, -0.25) is 4.79 Å². The molecular formula is C13H21N3O4S. The van der Waals surface area contributed by atoms with Gasteiger partial charge < -0.3 is 9.64 Å². The molecule has 0 aliphatic carbocycles. The average Bonchev–Trinajstić information content (AvgIpc) is 2.43. The van der Waals surface area contributed by atoms with Crippen molar-refractivity contribution in [3.63, 3.8) is 0 Å².